The first kappa shape index (κ1) is 23.2. The lowest BCUT2D eigenvalue weighted by Crippen LogP contribution is -2.42. The molecular formula is C25H32F2N2O2. The first-order valence-corrected chi connectivity index (χ1v) is 11.0. The lowest BCUT2D eigenvalue weighted by molar-refractivity contribution is 0.0521. The van der Waals surface area contributed by atoms with E-state index < -0.39 is 17.5 Å². The lowest BCUT2D eigenvalue weighted by atomic mass is 9.95. The first-order valence-electron chi connectivity index (χ1n) is 11.0. The van der Waals surface area contributed by atoms with Crippen LogP contribution in [0.1, 0.15) is 44.0 Å². The standard InChI is InChI=1S/C25H32F2N2O2/c1-4-31-24(30)22-10-7-20(15-23(22)26)19-5-8-21(9-6-19)28-16-18-11-13-29(14-12-18)17-25(2,3)27/h5-10,15,18,28H,4,11-14,16-17H2,1-3H3. The van der Waals surface area contributed by atoms with Gasteiger partial charge >= 0.3 is 5.97 Å². The van der Waals surface area contributed by atoms with Gasteiger partial charge in [-0.1, -0.05) is 18.2 Å². The molecule has 0 bridgehead atoms. The topological polar surface area (TPSA) is 41.6 Å². The fraction of sp³-hybridized carbons (Fsp3) is 0.480. The van der Waals surface area contributed by atoms with E-state index in [4.69, 9.17) is 4.74 Å². The van der Waals surface area contributed by atoms with Crippen molar-refractivity contribution in [3.05, 3.63) is 53.8 Å². The molecule has 0 saturated carbocycles. The van der Waals surface area contributed by atoms with E-state index >= 15 is 0 Å². The molecule has 1 aliphatic heterocycles. The molecule has 168 valence electrons. The van der Waals surface area contributed by atoms with Gasteiger partial charge in [-0.2, -0.15) is 0 Å². The van der Waals surface area contributed by atoms with Crippen LogP contribution in [0.2, 0.25) is 0 Å². The number of halogens is 2. The molecule has 0 radical (unpaired) electrons. The maximum Gasteiger partial charge on any atom is 0.341 e. The average molecular weight is 431 g/mol. The van der Waals surface area contributed by atoms with Crippen LogP contribution in [0.25, 0.3) is 11.1 Å². The van der Waals surface area contributed by atoms with Crippen LogP contribution in [0.3, 0.4) is 0 Å². The van der Waals surface area contributed by atoms with Crippen molar-refractivity contribution in [3.8, 4) is 11.1 Å². The molecule has 4 nitrogen and oxygen atoms in total. The van der Waals surface area contributed by atoms with Crippen LogP contribution in [0.5, 0.6) is 0 Å². The van der Waals surface area contributed by atoms with E-state index in [2.05, 4.69) is 10.2 Å². The number of piperidine rings is 1. The summed E-state index contributed by atoms with van der Waals surface area (Å²) in [5.41, 5.74) is 1.40. The highest BCUT2D eigenvalue weighted by Crippen LogP contribution is 2.25. The summed E-state index contributed by atoms with van der Waals surface area (Å²) in [6.45, 7) is 8.42. The van der Waals surface area contributed by atoms with Crippen molar-refractivity contribution in [2.75, 3.05) is 38.1 Å². The Morgan fingerprint density at radius 3 is 2.35 bits per heavy atom. The summed E-state index contributed by atoms with van der Waals surface area (Å²) in [5, 5.41) is 3.48. The van der Waals surface area contributed by atoms with Gasteiger partial charge in [-0.25, -0.2) is 13.6 Å². The number of hydrogen-bond acceptors (Lipinski definition) is 4. The largest absolute Gasteiger partial charge is 0.462 e. The van der Waals surface area contributed by atoms with E-state index in [0.29, 0.717) is 18.0 Å². The van der Waals surface area contributed by atoms with Crippen molar-refractivity contribution in [1.82, 2.24) is 4.90 Å². The monoisotopic (exact) mass is 430 g/mol. The predicted molar refractivity (Wildman–Crippen MR) is 121 cm³/mol. The summed E-state index contributed by atoms with van der Waals surface area (Å²) in [7, 11) is 0. The van der Waals surface area contributed by atoms with Crippen LogP contribution in [0.4, 0.5) is 14.5 Å². The summed E-state index contributed by atoms with van der Waals surface area (Å²) in [6.07, 6.45) is 2.13. The van der Waals surface area contributed by atoms with Crippen LogP contribution in [-0.2, 0) is 4.74 Å². The fourth-order valence-electron chi connectivity index (χ4n) is 3.99. The number of rotatable bonds is 8. The van der Waals surface area contributed by atoms with Crippen LogP contribution < -0.4 is 5.32 Å². The van der Waals surface area contributed by atoms with E-state index in [-0.39, 0.29) is 12.2 Å². The minimum absolute atomic E-state index is 0.0509. The number of carbonyl (C=O) groups excluding carboxylic acids is 1. The maximum atomic E-state index is 14.3. The Bertz CT molecular complexity index is 870. The third-order valence-corrected chi connectivity index (χ3v) is 5.58. The molecule has 1 aliphatic rings. The smallest absolute Gasteiger partial charge is 0.341 e. The first-order chi connectivity index (χ1) is 14.7. The average Bonchev–Trinajstić information content (AvgIpc) is 2.72. The van der Waals surface area contributed by atoms with Crippen LogP contribution in [-0.4, -0.2) is 49.3 Å². The number of alkyl halides is 1. The number of likely N-dealkylation sites (tertiary alicyclic amines) is 1. The summed E-state index contributed by atoms with van der Waals surface area (Å²) >= 11 is 0. The SMILES string of the molecule is CCOC(=O)c1ccc(-c2ccc(NCC3CCN(CC(C)(C)F)CC3)cc2)cc1F. The molecule has 0 spiro atoms. The van der Waals surface area contributed by atoms with Crippen molar-refractivity contribution in [1.29, 1.82) is 0 Å². The zero-order chi connectivity index (χ0) is 22.4. The molecule has 0 unspecified atom stereocenters. The summed E-state index contributed by atoms with van der Waals surface area (Å²) in [4.78, 5) is 14.0. The van der Waals surface area contributed by atoms with Gasteiger partial charge in [-0.3, -0.25) is 0 Å². The van der Waals surface area contributed by atoms with Gasteiger partial charge in [-0.15, -0.1) is 0 Å². The second kappa shape index (κ2) is 10.2. The van der Waals surface area contributed by atoms with Gasteiger partial charge in [0.1, 0.15) is 11.5 Å². The highest BCUT2D eigenvalue weighted by Gasteiger charge is 2.25. The van der Waals surface area contributed by atoms with Crippen molar-refractivity contribution in [3.63, 3.8) is 0 Å². The zero-order valence-electron chi connectivity index (χ0n) is 18.6. The molecule has 0 aliphatic carbocycles. The van der Waals surface area contributed by atoms with Gasteiger partial charge in [0.05, 0.1) is 12.2 Å². The number of nitrogens with one attached hydrogen (secondary N) is 1. The van der Waals surface area contributed by atoms with E-state index in [1.54, 1.807) is 26.8 Å². The third-order valence-electron chi connectivity index (χ3n) is 5.58. The number of hydrogen-bond donors (Lipinski definition) is 1. The molecule has 1 N–H and O–H groups in total. The van der Waals surface area contributed by atoms with Crippen LogP contribution in [0.15, 0.2) is 42.5 Å². The number of benzene rings is 2. The van der Waals surface area contributed by atoms with E-state index in [9.17, 15) is 13.6 Å². The van der Waals surface area contributed by atoms with Gasteiger partial charge in [0.25, 0.3) is 0 Å². The lowest BCUT2D eigenvalue weighted by Gasteiger charge is -2.34. The van der Waals surface area contributed by atoms with Crippen molar-refractivity contribution in [2.45, 2.75) is 39.3 Å². The highest BCUT2D eigenvalue weighted by atomic mass is 19.1. The molecular weight excluding hydrogens is 398 g/mol. The van der Waals surface area contributed by atoms with E-state index in [1.165, 1.54) is 12.1 Å². The Morgan fingerprint density at radius 2 is 1.77 bits per heavy atom. The number of esters is 1. The fourth-order valence-corrected chi connectivity index (χ4v) is 3.99. The predicted octanol–water partition coefficient (Wildman–Crippen LogP) is 5.54. The highest BCUT2D eigenvalue weighted by molar-refractivity contribution is 5.90. The second-order valence-electron chi connectivity index (χ2n) is 8.81. The Balaban J connectivity index is 1.52. The van der Waals surface area contributed by atoms with Gasteiger partial charge in [0.15, 0.2) is 0 Å². The Hall–Kier alpha value is -2.47. The van der Waals surface area contributed by atoms with Gasteiger partial charge < -0.3 is 15.0 Å². The molecule has 0 aromatic heterocycles. The number of carbonyl (C=O) groups is 1. The van der Waals surface area contributed by atoms with E-state index in [0.717, 1.165) is 43.7 Å². The quantitative estimate of drug-likeness (QED) is 0.558. The number of ether oxygens (including phenoxy) is 1. The van der Waals surface area contributed by atoms with Gasteiger partial charge in [0, 0.05) is 18.8 Å². The van der Waals surface area contributed by atoms with Gasteiger partial charge in [0.2, 0.25) is 0 Å². The van der Waals surface area contributed by atoms with Gasteiger partial charge in [-0.05, 0) is 88.0 Å². The molecule has 2 aromatic rings. The second-order valence-corrected chi connectivity index (χ2v) is 8.81. The number of anilines is 1. The zero-order valence-corrected chi connectivity index (χ0v) is 18.6. The Kier molecular flexibility index (Phi) is 7.65. The minimum atomic E-state index is -1.14. The maximum absolute atomic E-state index is 14.3. The molecule has 0 atom stereocenters. The molecule has 3 rings (SSSR count). The summed E-state index contributed by atoms with van der Waals surface area (Å²) in [6, 6.07) is 12.4. The minimum Gasteiger partial charge on any atom is -0.462 e. The molecule has 1 heterocycles. The summed E-state index contributed by atoms with van der Waals surface area (Å²) in [5.74, 6) is -0.658. The number of nitrogens with zero attached hydrogens (tertiary/aromatic N) is 1. The molecule has 31 heavy (non-hydrogen) atoms. The molecule has 1 saturated heterocycles. The molecule has 1 fully saturated rings. The third kappa shape index (κ3) is 6.76. The van der Waals surface area contributed by atoms with Crippen LogP contribution >= 0.6 is 0 Å². The van der Waals surface area contributed by atoms with Crippen molar-refractivity contribution in [2.24, 2.45) is 5.92 Å². The Morgan fingerprint density at radius 1 is 1.13 bits per heavy atom. The van der Waals surface area contributed by atoms with Crippen LogP contribution in [0, 0.1) is 11.7 Å². The normalized spacial score (nSPS) is 15.6. The molecule has 6 heteroatoms. The van der Waals surface area contributed by atoms with Crippen molar-refractivity contribution < 1.29 is 18.3 Å². The Labute approximate surface area is 183 Å². The van der Waals surface area contributed by atoms with E-state index in [1.807, 2.05) is 24.3 Å². The molecule has 2 aromatic carbocycles. The summed E-state index contributed by atoms with van der Waals surface area (Å²) < 4.78 is 33.0. The van der Waals surface area contributed by atoms with Crippen molar-refractivity contribution >= 4 is 11.7 Å². The molecule has 0 amide bonds.